The largest absolute Gasteiger partial charge is 0.462 e. The van der Waals surface area contributed by atoms with Gasteiger partial charge >= 0.3 is 17.9 Å². The maximum absolute atomic E-state index is 12.9. The van der Waals surface area contributed by atoms with Gasteiger partial charge in [0.15, 0.2) is 6.10 Å². The van der Waals surface area contributed by atoms with Crippen LogP contribution in [0.4, 0.5) is 0 Å². The Bertz CT molecular complexity index is 1210. The van der Waals surface area contributed by atoms with Gasteiger partial charge in [0.05, 0.1) is 0 Å². The molecule has 0 aliphatic carbocycles. The predicted molar refractivity (Wildman–Crippen MR) is 326 cm³/mol. The number of allylic oxidation sites excluding steroid dienone is 4. The van der Waals surface area contributed by atoms with Gasteiger partial charge < -0.3 is 14.2 Å². The minimum atomic E-state index is -0.773. The van der Waals surface area contributed by atoms with E-state index in [-0.39, 0.29) is 31.1 Å². The van der Waals surface area contributed by atoms with Crippen LogP contribution in [0.15, 0.2) is 24.3 Å². The van der Waals surface area contributed by atoms with E-state index in [4.69, 9.17) is 14.2 Å². The molecule has 0 rings (SSSR count). The number of hydrogen-bond acceptors (Lipinski definition) is 6. The summed E-state index contributed by atoms with van der Waals surface area (Å²) in [7, 11) is 0. The predicted octanol–water partition coefficient (Wildman–Crippen LogP) is 23.0. The quantitative estimate of drug-likeness (QED) is 0.0261. The van der Waals surface area contributed by atoms with Gasteiger partial charge in [-0.2, -0.15) is 0 Å². The number of esters is 3. The molecule has 0 radical (unpaired) electrons. The fourth-order valence-electron chi connectivity index (χ4n) is 10.3. The highest BCUT2D eigenvalue weighted by Crippen LogP contribution is 2.18. The van der Waals surface area contributed by atoms with Crippen LogP contribution in [0.1, 0.15) is 380 Å². The van der Waals surface area contributed by atoms with Crippen LogP contribution in [0.25, 0.3) is 0 Å². The molecule has 1 unspecified atom stereocenters. The molecule has 1 atom stereocenters. The van der Waals surface area contributed by atoms with E-state index in [1.54, 1.807) is 0 Å². The van der Waals surface area contributed by atoms with E-state index in [1.807, 2.05) is 0 Å². The van der Waals surface area contributed by atoms with Gasteiger partial charge in [0, 0.05) is 19.3 Å². The van der Waals surface area contributed by atoms with E-state index in [9.17, 15) is 14.4 Å². The Balaban J connectivity index is 4.25. The molecule has 0 aliphatic rings. The Morgan fingerprint density at radius 1 is 0.253 bits per heavy atom. The average Bonchev–Trinajstić information content (AvgIpc) is 3.41. The number of carbonyl (C=O) groups excluding carboxylic acids is 3. The average molecular weight is 1060 g/mol. The van der Waals surface area contributed by atoms with E-state index in [0.29, 0.717) is 19.3 Å². The molecule has 0 aliphatic heterocycles. The molecular weight excluding hydrogens is 925 g/mol. The van der Waals surface area contributed by atoms with Crippen molar-refractivity contribution in [2.24, 2.45) is 0 Å². The van der Waals surface area contributed by atoms with E-state index in [1.165, 1.54) is 276 Å². The molecule has 0 bridgehead atoms. The van der Waals surface area contributed by atoms with E-state index >= 15 is 0 Å². The molecule has 6 heteroatoms. The molecule has 0 fully saturated rings. The smallest absolute Gasteiger partial charge is 0.306 e. The second-order valence-corrected chi connectivity index (χ2v) is 23.1. The molecule has 0 saturated heterocycles. The topological polar surface area (TPSA) is 78.9 Å². The van der Waals surface area contributed by atoms with Crippen molar-refractivity contribution in [2.75, 3.05) is 13.2 Å². The first-order valence-corrected chi connectivity index (χ1v) is 33.8. The molecule has 0 heterocycles. The lowest BCUT2D eigenvalue weighted by Crippen LogP contribution is -2.30. The van der Waals surface area contributed by atoms with Crippen molar-refractivity contribution < 1.29 is 28.6 Å². The second kappa shape index (κ2) is 64.4. The standard InChI is InChI=1S/C69H130O6/c1-4-7-10-13-16-19-22-25-28-31-32-33-34-35-36-37-38-39-42-44-47-50-53-56-59-62-68(71)74-65-66(75-69(72)63-60-57-54-51-48-45-41-30-27-24-21-18-15-12-9-6-3)64-73-67(70)61-58-55-52-49-46-43-40-29-26-23-20-17-14-11-8-5-2/h30-32,41,66H,4-29,33-40,42-65H2,1-3H3/b32-31-,41-30-. The second-order valence-electron chi connectivity index (χ2n) is 23.1. The van der Waals surface area contributed by atoms with Crippen molar-refractivity contribution >= 4 is 17.9 Å². The van der Waals surface area contributed by atoms with Crippen molar-refractivity contribution in [3.05, 3.63) is 24.3 Å². The summed E-state index contributed by atoms with van der Waals surface area (Å²) in [6.45, 7) is 6.70. The van der Waals surface area contributed by atoms with Gasteiger partial charge in [-0.3, -0.25) is 14.4 Å². The van der Waals surface area contributed by atoms with Crippen molar-refractivity contribution in [3.63, 3.8) is 0 Å². The molecule has 6 nitrogen and oxygen atoms in total. The zero-order chi connectivity index (χ0) is 54.3. The highest BCUT2D eigenvalue weighted by molar-refractivity contribution is 5.71. The van der Waals surface area contributed by atoms with Gasteiger partial charge in [0.1, 0.15) is 13.2 Å². The van der Waals surface area contributed by atoms with Crippen LogP contribution >= 0.6 is 0 Å². The van der Waals surface area contributed by atoms with E-state index < -0.39 is 6.10 Å². The van der Waals surface area contributed by atoms with Gasteiger partial charge in [-0.05, 0) is 70.6 Å². The number of hydrogen-bond donors (Lipinski definition) is 0. The first-order valence-electron chi connectivity index (χ1n) is 33.8. The highest BCUT2D eigenvalue weighted by Gasteiger charge is 2.19. The Labute approximate surface area is 468 Å². The van der Waals surface area contributed by atoms with Crippen molar-refractivity contribution in [1.82, 2.24) is 0 Å². The first kappa shape index (κ1) is 72.9. The van der Waals surface area contributed by atoms with Gasteiger partial charge in [-0.25, -0.2) is 0 Å². The summed E-state index contributed by atoms with van der Waals surface area (Å²) in [4.78, 5) is 38.4. The summed E-state index contributed by atoms with van der Waals surface area (Å²) < 4.78 is 17.0. The van der Waals surface area contributed by atoms with Crippen LogP contribution in [0.2, 0.25) is 0 Å². The molecule has 0 N–H and O–H groups in total. The zero-order valence-electron chi connectivity index (χ0n) is 50.8. The van der Waals surface area contributed by atoms with Gasteiger partial charge in [0.25, 0.3) is 0 Å². The zero-order valence-corrected chi connectivity index (χ0v) is 50.8. The first-order chi connectivity index (χ1) is 37.0. The van der Waals surface area contributed by atoms with Crippen LogP contribution in [0, 0.1) is 0 Å². The van der Waals surface area contributed by atoms with Gasteiger partial charge in [0.2, 0.25) is 0 Å². The van der Waals surface area contributed by atoms with Gasteiger partial charge in [-0.1, -0.05) is 315 Å². The maximum atomic E-state index is 12.9. The summed E-state index contributed by atoms with van der Waals surface area (Å²) >= 11 is 0. The van der Waals surface area contributed by atoms with Crippen LogP contribution in [-0.2, 0) is 28.6 Å². The molecule has 0 aromatic rings. The molecule has 0 saturated carbocycles. The van der Waals surface area contributed by atoms with E-state index in [2.05, 4.69) is 45.1 Å². The summed E-state index contributed by atoms with van der Waals surface area (Å²) in [5.74, 6) is -0.848. The Morgan fingerprint density at radius 2 is 0.440 bits per heavy atom. The fourth-order valence-corrected chi connectivity index (χ4v) is 10.3. The Morgan fingerprint density at radius 3 is 0.667 bits per heavy atom. The molecule has 0 aromatic heterocycles. The fraction of sp³-hybridized carbons (Fsp3) is 0.899. The van der Waals surface area contributed by atoms with Crippen molar-refractivity contribution in [2.45, 2.75) is 386 Å². The Kier molecular flexibility index (Phi) is 62.6. The third-order valence-electron chi connectivity index (χ3n) is 15.4. The van der Waals surface area contributed by atoms with E-state index in [0.717, 1.165) is 64.2 Å². The SMILES string of the molecule is CCCCCCCCC/C=C\CCCCCCCC(=O)OC(COC(=O)CCCCCCCCCCCCCCC/C=C\CCCCCCCCCC)COC(=O)CCCCCCCCCCCCCCCCCC. The number of rotatable bonds is 63. The van der Waals surface area contributed by atoms with Crippen LogP contribution in [0.3, 0.4) is 0 Å². The minimum absolute atomic E-state index is 0.0689. The molecule has 442 valence electrons. The number of carbonyl (C=O) groups is 3. The minimum Gasteiger partial charge on any atom is -0.462 e. The lowest BCUT2D eigenvalue weighted by atomic mass is 10.0. The summed E-state index contributed by atoms with van der Waals surface area (Å²) in [5.41, 5.74) is 0. The normalized spacial score (nSPS) is 12.1. The lowest BCUT2D eigenvalue weighted by Gasteiger charge is -2.18. The Hall–Kier alpha value is -2.11. The molecule has 75 heavy (non-hydrogen) atoms. The summed E-state index contributed by atoms with van der Waals surface area (Å²) in [6, 6.07) is 0. The summed E-state index contributed by atoms with van der Waals surface area (Å²) in [5, 5.41) is 0. The monoisotopic (exact) mass is 1050 g/mol. The van der Waals surface area contributed by atoms with Gasteiger partial charge in [-0.15, -0.1) is 0 Å². The number of ether oxygens (including phenoxy) is 3. The third kappa shape index (κ3) is 62.6. The van der Waals surface area contributed by atoms with Crippen LogP contribution < -0.4 is 0 Å². The molecule has 0 aromatic carbocycles. The molecule has 0 amide bonds. The van der Waals surface area contributed by atoms with Crippen LogP contribution in [-0.4, -0.2) is 37.2 Å². The highest BCUT2D eigenvalue weighted by atomic mass is 16.6. The third-order valence-corrected chi connectivity index (χ3v) is 15.4. The van der Waals surface area contributed by atoms with Crippen molar-refractivity contribution in [3.8, 4) is 0 Å². The molecule has 0 spiro atoms. The summed E-state index contributed by atoms with van der Waals surface area (Å²) in [6.07, 6.45) is 77.7. The lowest BCUT2D eigenvalue weighted by molar-refractivity contribution is -0.167. The number of unbranched alkanes of at least 4 members (excludes halogenated alkanes) is 48. The van der Waals surface area contributed by atoms with Crippen molar-refractivity contribution in [1.29, 1.82) is 0 Å². The molecular formula is C69H130O6. The van der Waals surface area contributed by atoms with Crippen LogP contribution in [0.5, 0.6) is 0 Å². The maximum Gasteiger partial charge on any atom is 0.306 e.